The second-order valence-electron chi connectivity index (χ2n) is 10.8. The monoisotopic (exact) mass is 506 g/mol. The fourth-order valence-electron chi connectivity index (χ4n) is 5.34. The van der Waals surface area contributed by atoms with Gasteiger partial charge in [0.25, 0.3) is 5.56 Å². The van der Waals surface area contributed by atoms with Crippen molar-refractivity contribution in [1.82, 2.24) is 4.57 Å². The van der Waals surface area contributed by atoms with Gasteiger partial charge in [0.2, 0.25) is 0 Å². The van der Waals surface area contributed by atoms with Gasteiger partial charge in [0.05, 0.1) is 23.4 Å². The predicted octanol–water partition coefficient (Wildman–Crippen LogP) is 5.62. The summed E-state index contributed by atoms with van der Waals surface area (Å²) in [6, 6.07) is 24.9. The van der Waals surface area contributed by atoms with Crippen LogP contribution >= 0.6 is 11.3 Å². The van der Waals surface area contributed by atoms with Gasteiger partial charge in [0, 0.05) is 5.56 Å². The van der Waals surface area contributed by atoms with Crippen LogP contribution in [0, 0.1) is 0 Å². The van der Waals surface area contributed by atoms with Crippen LogP contribution in [0.1, 0.15) is 61.1 Å². The summed E-state index contributed by atoms with van der Waals surface area (Å²) in [5.74, 6) is 0.804. The van der Waals surface area contributed by atoms with E-state index in [1.807, 2.05) is 22.8 Å². The van der Waals surface area contributed by atoms with Crippen LogP contribution in [0.5, 0.6) is 5.75 Å². The minimum absolute atomic E-state index is 0.00914. The zero-order valence-electron chi connectivity index (χ0n) is 21.6. The van der Waals surface area contributed by atoms with Crippen molar-refractivity contribution in [3.05, 3.63) is 126 Å². The minimum atomic E-state index is -0.184. The molecule has 37 heavy (non-hydrogen) atoms. The third kappa shape index (κ3) is 4.17. The molecule has 0 spiro atoms. The summed E-state index contributed by atoms with van der Waals surface area (Å²) in [4.78, 5) is 19.8. The first-order valence-electron chi connectivity index (χ1n) is 12.7. The number of rotatable bonds is 3. The topological polar surface area (TPSA) is 43.6 Å². The van der Waals surface area contributed by atoms with Gasteiger partial charge in [-0.3, -0.25) is 9.36 Å². The summed E-state index contributed by atoms with van der Waals surface area (Å²) in [6.07, 6.45) is 3.82. The molecule has 1 aromatic heterocycles. The van der Waals surface area contributed by atoms with Gasteiger partial charge < -0.3 is 4.74 Å². The molecule has 1 aliphatic heterocycles. The number of aromatic nitrogens is 1. The van der Waals surface area contributed by atoms with E-state index in [4.69, 9.17) is 9.73 Å². The van der Waals surface area contributed by atoms with Crippen molar-refractivity contribution in [2.45, 2.75) is 45.1 Å². The number of benzene rings is 3. The molecule has 0 radical (unpaired) electrons. The quantitative estimate of drug-likeness (QED) is 0.362. The second kappa shape index (κ2) is 9.00. The highest BCUT2D eigenvalue weighted by Gasteiger charge is 2.32. The van der Waals surface area contributed by atoms with Crippen LogP contribution in [0.25, 0.3) is 11.8 Å². The fourth-order valence-corrected chi connectivity index (χ4v) is 6.34. The van der Waals surface area contributed by atoms with Crippen LogP contribution in [0.4, 0.5) is 0 Å². The Bertz CT molecular complexity index is 1700. The maximum Gasteiger partial charge on any atom is 0.271 e. The van der Waals surface area contributed by atoms with E-state index < -0.39 is 0 Å². The predicted molar refractivity (Wildman–Crippen MR) is 151 cm³/mol. The van der Waals surface area contributed by atoms with Crippen LogP contribution in [0.3, 0.4) is 0 Å². The molecule has 1 atom stereocenters. The lowest BCUT2D eigenvalue weighted by Gasteiger charge is -2.30. The lowest BCUT2D eigenvalue weighted by atomic mass is 9.83. The summed E-state index contributed by atoms with van der Waals surface area (Å²) in [5, 5.41) is 0. The van der Waals surface area contributed by atoms with Crippen LogP contribution in [-0.4, -0.2) is 11.7 Å². The Balaban J connectivity index is 1.54. The third-order valence-electron chi connectivity index (χ3n) is 7.38. The van der Waals surface area contributed by atoms with Crippen molar-refractivity contribution >= 4 is 23.1 Å². The van der Waals surface area contributed by atoms with E-state index in [0.717, 1.165) is 40.2 Å². The highest BCUT2D eigenvalue weighted by atomic mass is 32.1. The van der Waals surface area contributed by atoms with Crippen molar-refractivity contribution in [2.75, 3.05) is 7.11 Å². The zero-order chi connectivity index (χ0) is 25.7. The number of methoxy groups -OCH3 is 1. The molecule has 5 heteroatoms. The lowest BCUT2D eigenvalue weighted by Crippen LogP contribution is -2.38. The van der Waals surface area contributed by atoms with Crippen molar-refractivity contribution in [3.8, 4) is 5.75 Å². The molecule has 4 nitrogen and oxygen atoms in total. The molecule has 4 aromatic rings. The zero-order valence-corrected chi connectivity index (χ0v) is 22.4. The maximum atomic E-state index is 13.9. The minimum Gasteiger partial charge on any atom is -0.497 e. The molecule has 0 fully saturated rings. The van der Waals surface area contributed by atoms with Crippen LogP contribution in [-0.2, 0) is 11.8 Å². The van der Waals surface area contributed by atoms with E-state index in [2.05, 4.69) is 81.4 Å². The average molecular weight is 507 g/mol. The fraction of sp³-hybridized carbons (Fsp3) is 0.250. The number of allylic oxidation sites excluding steroid dienone is 1. The number of hydrogen-bond acceptors (Lipinski definition) is 4. The van der Waals surface area contributed by atoms with Crippen LogP contribution in [0.2, 0.25) is 0 Å². The molecule has 0 bridgehead atoms. The Morgan fingerprint density at radius 2 is 1.70 bits per heavy atom. The lowest BCUT2D eigenvalue weighted by molar-refractivity contribution is 0.414. The average Bonchev–Trinajstić information content (AvgIpc) is 3.21. The van der Waals surface area contributed by atoms with E-state index in [0.29, 0.717) is 4.53 Å². The molecule has 0 amide bonds. The molecular weight excluding hydrogens is 476 g/mol. The molecule has 0 saturated carbocycles. The molecule has 2 heterocycles. The number of fused-ring (bicyclic) bond motifs is 3. The van der Waals surface area contributed by atoms with Gasteiger partial charge in [0.1, 0.15) is 5.75 Å². The van der Waals surface area contributed by atoms with E-state index in [-0.39, 0.29) is 17.0 Å². The summed E-state index contributed by atoms with van der Waals surface area (Å²) in [5.41, 5.74) is 8.19. The van der Waals surface area contributed by atoms with E-state index in [9.17, 15) is 4.79 Å². The number of aryl methyl sites for hydroxylation is 1. The Morgan fingerprint density at radius 3 is 2.41 bits per heavy atom. The Labute approximate surface area is 220 Å². The number of nitrogens with zero attached hydrogens (tertiary/aromatic N) is 2. The largest absolute Gasteiger partial charge is 0.497 e. The van der Waals surface area contributed by atoms with Crippen LogP contribution in [0.15, 0.2) is 88.2 Å². The van der Waals surface area contributed by atoms with Crippen molar-refractivity contribution < 1.29 is 4.74 Å². The summed E-state index contributed by atoms with van der Waals surface area (Å²) >= 11 is 1.47. The molecule has 2 aliphatic rings. The standard InChI is InChI=1S/C32H30N2O2S/c1-32(2,3)23-14-9-20(10-15-23)19-27-30(35)34-29(22-11-16-24(36-4)17-12-22)26-18-13-21-7-5-6-8-25(21)28(26)33-31(34)37-27/h5-12,14-17,19,29H,13,18H2,1-4H3/b27-19-/t29-/m1/s1. The molecule has 3 aromatic carbocycles. The first kappa shape index (κ1) is 23.7. The van der Waals surface area contributed by atoms with Crippen LogP contribution < -0.4 is 19.6 Å². The summed E-state index contributed by atoms with van der Waals surface area (Å²) in [7, 11) is 1.67. The van der Waals surface area contributed by atoms with E-state index >= 15 is 0 Å². The first-order chi connectivity index (χ1) is 17.8. The Hall–Kier alpha value is -3.70. The van der Waals surface area contributed by atoms with Crippen molar-refractivity contribution in [1.29, 1.82) is 0 Å². The van der Waals surface area contributed by atoms with Crippen molar-refractivity contribution in [2.24, 2.45) is 4.99 Å². The van der Waals surface area contributed by atoms with Gasteiger partial charge in [-0.05, 0) is 64.3 Å². The molecule has 6 rings (SSSR count). The Morgan fingerprint density at radius 1 is 0.973 bits per heavy atom. The molecule has 0 saturated heterocycles. The number of ether oxygens (including phenoxy) is 1. The third-order valence-corrected chi connectivity index (χ3v) is 8.36. The van der Waals surface area contributed by atoms with E-state index in [1.165, 1.54) is 33.6 Å². The SMILES string of the molecule is COc1ccc([C@@H]2C3=C(N=c4s/c(=C\c5ccc(C(C)(C)C)cc5)c(=O)n42)c2ccccc2CC3)cc1. The molecular formula is C32H30N2O2S. The highest BCUT2D eigenvalue weighted by molar-refractivity contribution is 7.07. The Kier molecular flexibility index (Phi) is 5.76. The number of hydrogen-bond donors (Lipinski definition) is 0. The molecule has 0 unspecified atom stereocenters. The van der Waals surface area contributed by atoms with Gasteiger partial charge in [-0.25, -0.2) is 4.99 Å². The maximum absolute atomic E-state index is 13.9. The molecule has 186 valence electrons. The van der Waals surface area contributed by atoms with Crippen molar-refractivity contribution in [3.63, 3.8) is 0 Å². The van der Waals surface area contributed by atoms with Gasteiger partial charge in [-0.15, -0.1) is 0 Å². The number of thiazole rings is 1. The van der Waals surface area contributed by atoms with Gasteiger partial charge >= 0.3 is 0 Å². The summed E-state index contributed by atoms with van der Waals surface area (Å²) < 4.78 is 8.00. The van der Waals surface area contributed by atoms with Gasteiger partial charge in [-0.2, -0.15) is 0 Å². The second-order valence-corrected chi connectivity index (χ2v) is 11.8. The molecule has 0 N–H and O–H groups in total. The first-order valence-corrected chi connectivity index (χ1v) is 13.5. The van der Waals surface area contributed by atoms with Gasteiger partial charge in [0.15, 0.2) is 4.80 Å². The smallest absolute Gasteiger partial charge is 0.271 e. The van der Waals surface area contributed by atoms with E-state index in [1.54, 1.807) is 7.11 Å². The summed E-state index contributed by atoms with van der Waals surface area (Å²) in [6.45, 7) is 6.62. The molecule has 1 aliphatic carbocycles. The highest BCUT2D eigenvalue weighted by Crippen LogP contribution is 2.41. The normalized spacial score (nSPS) is 17.1. The van der Waals surface area contributed by atoms with Gasteiger partial charge in [-0.1, -0.05) is 92.8 Å².